The van der Waals surface area contributed by atoms with Crippen molar-refractivity contribution < 1.29 is 0 Å². The number of hydrogen-bond acceptors (Lipinski definition) is 1. The zero-order chi connectivity index (χ0) is 18.5. The van der Waals surface area contributed by atoms with Gasteiger partial charge in [0.1, 0.15) is 0 Å². The lowest BCUT2D eigenvalue weighted by Gasteiger charge is -2.20. The number of aromatic nitrogens is 1. The number of nitrogens with zero attached hydrogens (tertiary/aromatic N) is 1. The third kappa shape index (κ3) is 2.88. The molecule has 130 valence electrons. The molecule has 0 N–H and O–H groups in total. The number of hydrogen-bond donors (Lipinski definition) is 0. The normalized spacial score (nSPS) is 12.0. The minimum Gasteiger partial charge on any atom is -0.256 e. The predicted molar refractivity (Wildman–Crippen MR) is 113 cm³/mol. The molecule has 0 fully saturated rings. The summed E-state index contributed by atoms with van der Waals surface area (Å²) in [5.74, 6) is 0. The second kappa shape index (κ2) is 5.95. The van der Waals surface area contributed by atoms with E-state index in [1.807, 2.05) is 6.20 Å². The van der Waals surface area contributed by atoms with Crippen molar-refractivity contribution in [1.29, 1.82) is 0 Å². The Morgan fingerprint density at radius 3 is 2.08 bits per heavy atom. The molecule has 1 nitrogen and oxygen atoms in total. The van der Waals surface area contributed by atoms with E-state index in [9.17, 15) is 0 Å². The summed E-state index contributed by atoms with van der Waals surface area (Å²) < 4.78 is 0. The fourth-order valence-electron chi connectivity index (χ4n) is 3.80. The maximum absolute atomic E-state index is 4.72. The molecule has 0 radical (unpaired) electrons. The van der Waals surface area contributed by atoms with Crippen molar-refractivity contribution in [3.63, 3.8) is 0 Å². The molecule has 0 amide bonds. The van der Waals surface area contributed by atoms with Crippen molar-refractivity contribution in [2.75, 3.05) is 0 Å². The average Bonchev–Trinajstić information content (AvgIpc) is 2.59. The van der Waals surface area contributed by atoms with Gasteiger partial charge < -0.3 is 0 Å². The second-order valence-electron chi connectivity index (χ2n) is 8.38. The van der Waals surface area contributed by atoms with Gasteiger partial charge in [-0.25, -0.2) is 0 Å². The van der Waals surface area contributed by atoms with Gasteiger partial charge in [0.2, 0.25) is 0 Å². The number of rotatable bonds is 1. The first-order chi connectivity index (χ1) is 12.3. The summed E-state index contributed by atoms with van der Waals surface area (Å²) in [6.07, 6.45) is 1.94. The molecular weight excluding hydrogens is 314 g/mol. The summed E-state index contributed by atoms with van der Waals surface area (Å²) in [7, 11) is 0. The van der Waals surface area contributed by atoms with Crippen LogP contribution in [0, 0.1) is 13.8 Å². The lowest BCUT2D eigenvalue weighted by molar-refractivity contribution is 0.591. The number of aryl methyl sites for hydroxylation is 2. The van der Waals surface area contributed by atoms with Crippen molar-refractivity contribution in [3.8, 4) is 11.3 Å². The maximum Gasteiger partial charge on any atom is 0.0780 e. The van der Waals surface area contributed by atoms with E-state index < -0.39 is 0 Å². The van der Waals surface area contributed by atoms with E-state index in [0.717, 1.165) is 5.69 Å². The topological polar surface area (TPSA) is 12.9 Å². The average molecular weight is 339 g/mol. The molecule has 4 rings (SSSR count). The van der Waals surface area contributed by atoms with E-state index in [2.05, 4.69) is 89.2 Å². The Labute approximate surface area is 155 Å². The summed E-state index contributed by atoms with van der Waals surface area (Å²) in [6, 6.07) is 20.1. The van der Waals surface area contributed by atoms with E-state index >= 15 is 0 Å². The molecule has 0 unspecified atom stereocenters. The molecule has 0 aliphatic carbocycles. The van der Waals surface area contributed by atoms with Crippen molar-refractivity contribution in [3.05, 3.63) is 77.5 Å². The van der Waals surface area contributed by atoms with E-state index in [1.165, 1.54) is 43.8 Å². The van der Waals surface area contributed by atoms with Gasteiger partial charge in [-0.3, -0.25) is 4.98 Å². The minimum atomic E-state index is 0.158. The highest BCUT2D eigenvalue weighted by atomic mass is 14.7. The fraction of sp³-hybridized carbons (Fsp3) is 0.240. The van der Waals surface area contributed by atoms with Gasteiger partial charge in [0, 0.05) is 17.1 Å². The summed E-state index contributed by atoms with van der Waals surface area (Å²) >= 11 is 0. The van der Waals surface area contributed by atoms with Crippen LogP contribution in [-0.2, 0) is 5.41 Å². The first-order valence-corrected chi connectivity index (χ1v) is 9.23. The summed E-state index contributed by atoms with van der Waals surface area (Å²) in [6.45, 7) is 11.1. The highest BCUT2D eigenvalue weighted by Gasteiger charge is 2.15. The molecule has 1 aromatic heterocycles. The minimum absolute atomic E-state index is 0.158. The SMILES string of the molecule is Cc1cc(C)cc(-c2nccc3c2ccc2cc(C(C)(C)C)ccc23)c1. The van der Waals surface area contributed by atoms with E-state index in [0.29, 0.717) is 0 Å². The van der Waals surface area contributed by atoms with Crippen LogP contribution in [0.15, 0.2) is 60.8 Å². The van der Waals surface area contributed by atoms with Crippen LogP contribution < -0.4 is 0 Å². The molecule has 1 heteroatoms. The zero-order valence-corrected chi connectivity index (χ0v) is 16.2. The van der Waals surface area contributed by atoms with Crippen LogP contribution in [0.25, 0.3) is 32.8 Å². The highest BCUT2D eigenvalue weighted by Crippen LogP contribution is 2.34. The van der Waals surface area contributed by atoms with Crippen LogP contribution in [0.3, 0.4) is 0 Å². The molecule has 0 spiro atoms. The van der Waals surface area contributed by atoms with Crippen LogP contribution in [0.4, 0.5) is 0 Å². The van der Waals surface area contributed by atoms with Gasteiger partial charge in [-0.15, -0.1) is 0 Å². The monoisotopic (exact) mass is 339 g/mol. The lowest BCUT2D eigenvalue weighted by atomic mass is 9.85. The third-order valence-electron chi connectivity index (χ3n) is 5.12. The van der Waals surface area contributed by atoms with E-state index in [4.69, 9.17) is 4.98 Å². The molecule has 4 aromatic rings. The Hall–Kier alpha value is -2.67. The predicted octanol–water partition coefficient (Wildman–Crippen LogP) is 6.97. The van der Waals surface area contributed by atoms with E-state index in [1.54, 1.807) is 0 Å². The van der Waals surface area contributed by atoms with Gasteiger partial charge in [0.15, 0.2) is 0 Å². The van der Waals surface area contributed by atoms with Gasteiger partial charge in [-0.1, -0.05) is 68.3 Å². The van der Waals surface area contributed by atoms with Gasteiger partial charge in [-0.2, -0.15) is 0 Å². The first kappa shape index (κ1) is 16.8. The smallest absolute Gasteiger partial charge is 0.0780 e. The number of pyridine rings is 1. The Balaban J connectivity index is 1.99. The summed E-state index contributed by atoms with van der Waals surface area (Å²) in [5, 5.41) is 5.08. The Morgan fingerprint density at radius 2 is 1.38 bits per heavy atom. The molecule has 0 aliphatic rings. The molecule has 26 heavy (non-hydrogen) atoms. The van der Waals surface area contributed by atoms with Crippen LogP contribution in [0.2, 0.25) is 0 Å². The second-order valence-corrected chi connectivity index (χ2v) is 8.38. The van der Waals surface area contributed by atoms with E-state index in [-0.39, 0.29) is 5.41 Å². The number of fused-ring (bicyclic) bond motifs is 3. The largest absolute Gasteiger partial charge is 0.256 e. The molecule has 0 bridgehead atoms. The molecule has 0 saturated carbocycles. The standard InChI is InChI=1S/C25H25N/c1-16-12-17(2)14-19(13-16)24-23-8-6-18-15-20(25(3,4)5)7-9-21(18)22(23)10-11-26-24/h6-15H,1-5H3. The van der Waals surface area contributed by atoms with Crippen LogP contribution >= 0.6 is 0 Å². The van der Waals surface area contributed by atoms with Crippen LogP contribution in [0.1, 0.15) is 37.5 Å². The Morgan fingerprint density at radius 1 is 0.692 bits per heavy atom. The van der Waals surface area contributed by atoms with Crippen molar-refractivity contribution in [1.82, 2.24) is 4.98 Å². The maximum atomic E-state index is 4.72. The fourth-order valence-corrected chi connectivity index (χ4v) is 3.80. The Kier molecular flexibility index (Phi) is 3.84. The van der Waals surface area contributed by atoms with Gasteiger partial charge >= 0.3 is 0 Å². The molecule has 0 atom stereocenters. The molecule has 3 aromatic carbocycles. The Bertz CT molecular complexity index is 1110. The molecular formula is C25H25N. The quantitative estimate of drug-likeness (QED) is 0.341. The number of benzene rings is 3. The van der Waals surface area contributed by atoms with Gasteiger partial charge in [-0.05, 0) is 59.2 Å². The molecule has 0 aliphatic heterocycles. The van der Waals surface area contributed by atoms with Gasteiger partial charge in [0.05, 0.1) is 5.69 Å². The zero-order valence-electron chi connectivity index (χ0n) is 16.2. The lowest BCUT2D eigenvalue weighted by Crippen LogP contribution is -2.10. The molecule has 0 saturated heterocycles. The molecule has 1 heterocycles. The van der Waals surface area contributed by atoms with Crippen molar-refractivity contribution in [2.24, 2.45) is 0 Å². The van der Waals surface area contributed by atoms with Crippen molar-refractivity contribution >= 4 is 21.5 Å². The first-order valence-electron chi connectivity index (χ1n) is 9.23. The summed E-state index contributed by atoms with van der Waals surface area (Å²) in [4.78, 5) is 4.72. The van der Waals surface area contributed by atoms with Crippen molar-refractivity contribution in [2.45, 2.75) is 40.0 Å². The van der Waals surface area contributed by atoms with Gasteiger partial charge in [0.25, 0.3) is 0 Å². The third-order valence-corrected chi connectivity index (χ3v) is 5.12. The van der Waals surface area contributed by atoms with Crippen LogP contribution in [0.5, 0.6) is 0 Å². The highest BCUT2D eigenvalue weighted by molar-refractivity contribution is 6.11. The summed E-state index contributed by atoms with van der Waals surface area (Å²) in [5.41, 5.74) is 6.33. The van der Waals surface area contributed by atoms with Crippen LogP contribution in [-0.4, -0.2) is 4.98 Å².